The van der Waals surface area contributed by atoms with Crippen LogP contribution in [0.15, 0.2) is 18.2 Å². The van der Waals surface area contributed by atoms with Crippen molar-refractivity contribution in [3.05, 3.63) is 29.3 Å². The van der Waals surface area contributed by atoms with Crippen LogP contribution in [0.3, 0.4) is 0 Å². The fourth-order valence-electron chi connectivity index (χ4n) is 14.9. The Labute approximate surface area is 235 Å². The van der Waals surface area contributed by atoms with Crippen molar-refractivity contribution in [1.29, 1.82) is 0 Å². The van der Waals surface area contributed by atoms with Crippen LogP contribution in [0.4, 0.5) is 5.69 Å². The van der Waals surface area contributed by atoms with Crippen LogP contribution in [0.2, 0.25) is 0 Å². The highest BCUT2D eigenvalue weighted by Gasteiger charge is 2.56. The number of carbonyl (C=O) groups is 1. The maximum Gasteiger partial charge on any atom is 0.230 e. The molecule has 13 rings (SSSR count). The van der Waals surface area contributed by atoms with Crippen LogP contribution in [0.25, 0.3) is 0 Å². The number of hydrogen-bond acceptors (Lipinski definition) is 1. The molecule has 0 aliphatic heterocycles. The lowest BCUT2D eigenvalue weighted by molar-refractivity contribution is -0.140. The van der Waals surface area contributed by atoms with E-state index in [0.29, 0.717) is 16.7 Å². The number of anilines is 1. The summed E-state index contributed by atoms with van der Waals surface area (Å²) in [6.45, 7) is 0. The Hall–Kier alpha value is -1.31. The number of nitrogens with one attached hydrogen (secondary N) is 1. The van der Waals surface area contributed by atoms with Gasteiger partial charge in [0.05, 0.1) is 5.41 Å². The van der Waals surface area contributed by atoms with Crippen molar-refractivity contribution in [3.63, 3.8) is 0 Å². The average Bonchev–Trinajstić information content (AvgIpc) is 2.86. The first kappa shape index (κ1) is 23.3. The smallest absolute Gasteiger partial charge is 0.230 e. The molecule has 0 aromatic heterocycles. The lowest BCUT2D eigenvalue weighted by Crippen LogP contribution is -2.52. The molecule has 1 N–H and O–H groups in total. The quantitative estimate of drug-likeness (QED) is 0.420. The zero-order valence-electron chi connectivity index (χ0n) is 24.1. The predicted molar refractivity (Wildman–Crippen MR) is 155 cm³/mol. The van der Waals surface area contributed by atoms with Crippen LogP contribution in [0.1, 0.15) is 127 Å². The maximum absolute atomic E-state index is 14.3. The molecule has 208 valence electrons. The second-order valence-corrected chi connectivity index (χ2v) is 17.8. The molecule has 0 heterocycles. The monoisotopic (exact) mass is 523 g/mol. The van der Waals surface area contributed by atoms with Crippen LogP contribution in [0, 0.1) is 58.7 Å². The third kappa shape index (κ3) is 3.42. The summed E-state index contributed by atoms with van der Waals surface area (Å²) in [5.74, 6) is 8.65. The molecule has 2 nitrogen and oxygen atoms in total. The molecule has 1 aromatic rings. The van der Waals surface area contributed by atoms with Crippen molar-refractivity contribution in [3.8, 4) is 0 Å². The van der Waals surface area contributed by atoms with Crippen LogP contribution in [-0.4, -0.2) is 5.91 Å². The number of rotatable bonds is 4. The lowest BCUT2D eigenvalue weighted by Gasteiger charge is -2.58. The summed E-state index contributed by atoms with van der Waals surface area (Å²) in [5.41, 5.74) is 5.22. The van der Waals surface area contributed by atoms with Crippen LogP contribution < -0.4 is 5.32 Å². The molecule has 0 radical (unpaired) electrons. The van der Waals surface area contributed by atoms with Gasteiger partial charge in [0, 0.05) is 5.69 Å². The van der Waals surface area contributed by atoms with Gasteiger partial charge >= 0.3 is 0 Å². The second-order valence-electron chi connectivity index (χ2n) is 17.8. The third-order valence-corrected chi connectivity index (χ3v) is 15.0. The molecule has 12 aliphatic carbocycles. The first-order valence-corrected chi connectivity index (χ1v) is 17.4. The van der Waals surface area contributed by atoms with E-state index in [4.69, 9.17) is 0 Å². The van der Waals surface area contributed by atoms with Gasteiger partial charge in [0.2, 0.25) is 5.91 Å². The molecular weight excluding hydrogens is 474 g/mol. The molecule has 39 heavy (non-hydrogen) atoms. The standard InChI is InChI=1S/C37H49NO/c39-34(37-19-28-7-29(20-37)9-30(8-28)21-37)38-33-11-31(35-13-22-1-23(14-35)3-24(2-22)15-35)10-32(12-33)36-16-25-4-26(17-36)6-27(5-25)18-36/h10-12,22-30H,1-9,13-21H2,(H,38,39). The van der Waals surface area contributed by atoms with Gasteiger partial charge < -0.3 is 5.32 Å². The molecule has 0 atom stereocenters. The summed E-state index contributed by atoms with van der Waals surface area (Å²) in [7, 11) is 0. The number of benzene rings is 1. The Kier molecular flexibility index (Phi) is 4.62. The van der Waals surface area contributed by atoms with E-state index in [9.17, 15) is 4.79 Å². The Morgan fingerprint density at radius 3 is 1.13 bits per heavy atom. The lowest BCUT2D eigenvalue weighted by atomic mass is 9.46. The Bertz CT molecular complexity index is 1060. The highest BCUT2D eigenvalue weighted by molar-refractivity contribution is 5.96. The van der Waals surface area contributed by atoms with Crippen LogP contribution in [0.5, 0.6) is 0 Å². The minimum Gasteiger partial charge on any atom is -0.326 e. The third-order valence-electron chi connectivity index (χ3n) is 15.0. The van der Waals surface area contributed by atoms with Crippen molar-refractivity contribution < 1.29 is 4.79 Å². The average molecular weight is 524 g/mol. The van der Waals surface area contributed by atoms with Gasteiger partial charge in [0.25, 0.3) is 0 Å². The fourth-order valence-corrected chi connectivity index (χ4v) is 14.9. The summed E-state index contributed by atoms with van der Waals surface area (Å²) in [6.07, 6.45) is 25.3. The summed E-state index contributed by atoms with van der Waals surface area (Å²) >= 11 is 0. The Morgan fingerprint density at radius 2 is 0.795 bits per heavy atom. The first-order valence-electron chi connectivity index (χ1n) is 17.4. The highest BCUT2D eigenvalue weighted by atomic mass is 16.2. The van der Waals surface area contributed by atoms with Gasteiger partial charge in [-0.15, -0.1) is 0 Å². The predicted octanol–water partition coefficient (Wildman–Crippen LogP) is 8.78. The fraction of sp³-hybridized carbons (Fsp3) is 0.811. The number of carbonyl (C=O) groups excluding carboxylic acids is 1. The van der Waals surface area contributed by atoms with Crippen molar-refractivity contribution >= 4 is 11.6 Å². The minimum absolute atomic E-state index is 0.0632. The number of amides is 1. The van der Waals surface area contributed by atoms with E-state index in [0.717, 1.165) is 53.3 Å². The van der Waals surface area contributed by atoms with Crippen LogP contribution >= 0.6 is 0 Å². The molecule has 0 spiro atoms. The van der Waals surface area contributed by atoms with Gasteiger partial charge in [0.1, 0.15) is 0 Å². The van der Waals surface area contributed by atoms with Gasteiger partial charge in [-0.25, -0.2) is 0 Å². The van der Waals surface area contributed by atoms with E-state index in [2.05, 4.69) is 23.5 Å². The molecule has 0 unspecified atom stereocenters. The first-order chi connectivity index (χ1) is 18.9. The molecule has 2 heteroatoms. The molecular formula is C37H49NO. The molecule has 12 bridgehead atoms. The van der Waals surface area contributed by atoms with Gasteiger partial charge in [-0.2, -0.15) is 0 Å². The summed E-state index contributed by atoms with van der Waals surface area (Å²) in [5, 5.41) is 3.70. The van der Waals surface area contributed by atoms with Crippen molar-refractivity contribution in [2.75, 3.05) is 5.32 Å². The normalized spacial score (nSPS) is 53.5. The van der Waals surface area contributed by atoms with Gasteiger partial charge in [-0.05, 0) is 203 Å². The molecule has 0 saturated heterocycles. The van der Waals surface area contributed by atoms with E-state index in [1.165, 1.54) is 121 Å². The molecule has 1 aromatic carbocycles. The largest absolute Gasteiger partial charge is 0.326 e. The van der Waals surface area contributed by atoms with E-state index in [-0.39, 0.29) is 5.41 Å². The van der Waals surface area contributed by atoms with Gasteiger partial charge in [-0.1, -0.05) is 6.07 Å². The van der Waals surface area contributed by atoms with E-state index in [1.807, 2.05) is 0 Å². The molecule has 12 saturated carbocycles. The van der Waals surface area contributed by atoms with Gasteiger partial charge in [-0.3, -0.25) is 4.79 Å². The Balaban J connectivity index is 1.05. The maximum atomic E-state index is 14.3. The zero-order valence-corrected chi connectivity index (χ0v) is 24.1. The molecule has 1 amide bonds. The Morgan fingerprint density at radius 1 is 0.487 bits per heavy atom. The van der Waals surface area contributed by atoms with Gasteiger partial charge in [0.15, 0.2) is 0 Å². The van der Waals surface area contributed by atoms with E-state index >= 15 is 0 Å². The molecule has 12 fully saturated rings. The second kappa shape index (κ2) is 7.74. The van der Waals surface area contributed by atoms with Crippen LogP contribution in [-0.2, 0) is 15.6 Å². The van der Waals surface area contributed by atoms with E-state index in [1.54, 1.807) is 11.1 Å². The summed E-state index contributed by atoms with van der Waals surface area (Å²) in [4.78, 5) is 14.3. The minimum atomic E-state index is -0.0632. The molecule has 12 aliphatic rings. The highest BCUT2D eigenvalue weighted by Crippen LogP contribution is 2.64. The van der Waals surface area contributed by atoms with Crippen molar-refractivity contribution in [1.82, 2.24) is 0 Å². The van der Waals surface area contributed by atoms with Crippen molar-refractivity contribution in [2.45, 2.75) is 126 Å². The summed E-state index contributed by atoms with van der Waals surface area (Å²) in [6, 6.07) is 7.80. The SMILES string of the molecule is O=C(Nc1cc(C23CC4CC(CC(C4)C2)C3)cc(C23CC4CC(CC(C4)C2)C3)c1)C12CC3CC(CC(C3)C1)C2. The van der Waals surface area contributed by atoms with Crippen molar-refractivity contribution in [2.24, 2.45) is 58.7 Å². The number of hydrogen-bond donors (Lipinski definition) is 1. The van der Waals surface area contributed by atoms with E-state index < -0.39 is 0 Å². The topological polar surface area (TPSA) is 29.1 Å². The zero-order chi connectivity index (χ0) is 25.6. The summed E-state index contributed by atoms with van der Waals surface area (Å²) < 4.78 is 0.